The number of nitrogens with zero attached hydrogens (tertiary/aromatic N) is 2. The van der Waals surface area contributed by atoms with Gasteiger partial charge < -0.3 is 4.74 Å². The Morgan fingerprint density at radius 2 is 2.15 bits per heavy atom. The van der Waals surface area contributed by atoms with Crippen molar-refractivity contribution in [1.29, 1.82) is 0 Å². The van der Waals surface area contributed by atoms with Crippen LogP contribution in [0.15, 0.2) is 6.20 Å². The van der Waals surface area contributed by atoms with Crippen LogP contribution in [0.4, 0.5) is 0 Å². The molecule has 0 spiro atoms. The van der Waals surface area contributed by atoms with E-state index in [9.17, 15) is 4.79 Å². The van der Waals surface area contributed by atoms with Gasteiger partial charge in [0.2, 0.25) is 0 Å². The lowest BCUT2D eigenvalue weighted by molar-refractivity contribution is -0.0243. The third-order valence-electron chi connectivity index (χ3n) is 6.42. The van der Waals surface area contributed by atoms with E-state index in [-0.39, 0.29) is 22.9 Å². The van der Waals surface area contributed by atoms with Gasteiger partial charge in [-0.25, -0.2) is 4.79 Å². The summed E-state index contributed by atoms with van der Waals surface area (Å²) in [4.78, 5) is 12.4. The van der Waals surface area contributed by atoms with Gasteiger partial charge in [0.25, 0.3) is 0 Å². The summed E-state index contributed by atoms with van der Waals surface area (Å²) in [5, 5.41) is 4.12. The smallest absolute Gasteiger partial charge is 0.341 e. The first kappa shape index (κ1) is 13.7. The Hall–Kier alpha value is -1.32. The molecule has 4 nitrogen and oxygen atoms in total. The van der Waals surface area contributed by atoms with E-state index in [0.717, 1.165) is 18.5 Å². The van der Waals surface area contributed by atoms with E-state index in [4.69, 9.17) is 4.74 Å². The zero-order chi connectivity index (χ0) is 14.7. The first-order chi connectivity index (χ1) is 9.27. The maximum atomic E-state index is 12.4. The number of hydrogen-bond donors (Lipinski definition) is 0. The standard InChI is InChI=1S/C16H24N2O2/c1-10-12(9-17-18(10)5)14(19)20-13-8-11-6-7-16(13,4)15(11,2)3/h9,11,13H,6-8H2,1-5H3. The van der Waals surface area contributed by atoms with Gasteiger partial charge in [0.05, 0.1) is 6.20 Å². The average Bonchev–Trinajstić information content (AvgIpc) is 2.88. The number of esters is 1. The summed E-state index contributed by atoms with van der Waals surface area (Å²) in [7, 11) is 1.84. The number of carbonyl (C=O) groups is 1. The number of fused-ring (bicyclic) bond motifs is 2. The van der Waals surface area contributed by atoms with Crippen molar-refractivity contribution in [3.8, 4) is 0 Å². The van der Waals surface area contributed by atoms with E-state index in [2.05, 4.69) is 25.9 Å². The summed E-state index contributed by atoms with van der Waals surface area (Å²) in [6.07, 6.45) is 5.09. The minimum absolute atomic E-state index is 0.0448. The van der Waals surface area contributed by atoms with Crippen LogP contribution in [0.1, 0.15) is 56.1 Å². The maximum absolute atomic E-state index is 12.4. The minimum atomic E-state index is -0.217. The topological polar surface area (TPSA) is 44.1 Å². The van der Waals surface area contributed by atoms with Crippen LogP contribution in [0.2, 0.25) is 0 Å². The van der Waals surface area contributed by atoms with Gasteiger partial charge in [-0.1, -0.05) is 20.8 Å². The number of carbonyl (C=O) groups excluding carboxylic acids is 1. The van der Waals surface area contributed by atoms with Gasteiger partial charge >= 0.3 is 5.97 Å². The molecule has 20 heavy (non-hydrogen) atoms. The molecule has 4 heteroatoms. The van der Waals surface area contributed by atoms with Crippen molar-refractivity contribution in [1.82, 2.24) is 9.78 Å². The molecule has 0 aromatic carbocycles. The largest absolute Gasteiger partial charge is 0.458 e. The van der Waals surface area contributed by atoms with Crippen LogP contribution < -0.4 is 0 Å². The van der Waals surface area contributed by atoms with Gasteiger partial charge in [-0.15, -0.1) is 0 Å². The molecule has 0 radical (unpaired) electrons. The maximum Gasteiger partial charge on any atom is 0.341 e. The highest BCUT2D eigenvalue weighted by Crippen LogP contribution is 2.66. The molecule has 0 N–H and O–H groups in total. The Bertz CT molecular complexity index is 561. The van der Waals surface area contributed by atoms with Gasteiger partial charge in [0.1, 0.15) is 11.7 Å². The van der Waals surface area contributed by atoms with Gasteiger partial charge in [-0.3, -0.25) is 4.68 Å². The quantitative estimate of drug-likeness (QED) is 0.780. The first-order valence-electron chi connectivity index (χ1n) is 7.47. The first-order valence-corrected chi connectivity index (χ1v) is 7.47. The molecule has 0 amide bonds. The molecule has 2 bridgehead atoms. The molecule has 1 aromatic rings. The Balaban J connectivity index is 1.80. The van der Waals surface area contributed by atoms with E-state index in [0.29, 0.717) is 11.5 Å². The lowest BCUT2D eigenvalue weighted by Gasteiger charge is -2.38. The van der Waals surface area contributed by atoms with Crippen LogP contribution in [0, 0.1) is 23.7 Å². The van der Waals surface area contributed by atoms with Crippen molar-refractivity contribution in [2.24, 2.45) is 23.8 Å². The molecular weight excluding hydrogens is 252 g/mol. The highest BCUT2D eigenvalue weighted by Gasteiger charge is 2.62. The van der Waals surface area contributed by atoms with Crippen LogP contribution in [0.5, 0.6) is 0 Å². The number of aromatic nitrogens is 2. The molecule has 0 aliphatic heterocycles. The van der Waals surface area contributed by atoms with E-state index in [1.54, 1.807) is 10.9 Å². The number of hydrogen-bond acceptors (Lipinski definition) is 3. The summed E-state index contributed by atoms with van der Waals surface area (Å²) in [5.74, 6) is 0.463. The SMILES string of the molecule is Cc1c(C(=O)OC2CC3CCC2(C)C3(C)C)cnn1C. The van der Waals surface area contributed by atoms with Crippen molar-refractivity contribution < 1.29 is 9.53 Å². The Morgan fingerprint density at radius 1 is 1.45 bits per heavy atom. The monoisotopic (exact) mass is 276 g/mol. The average molecular weight is 276 g/mol. The summed E-state index contributed by atoms with van der Waals surface area (Å²) < 4.78 is 7.58. The predicted octanol–water partition coefficient (Wildman–Crippen LogP) is 3.10. The van der Waals surface area contributed by atoms with Crippen LogP contribution in [-0.2, 0) is 11.8 Å². The fourth-order valence-corrected chi connectivity index (χ4v) is 4.20. The van der Waals surface area contributed by atoms with Crippen LogP contribution in [0.25, 0.3) is 0 Å². The van der Waals surface area contributed by atoms with E-state index < -0.39 is 0 Å². The van der Waals surface area contributed by atoms with Crippen molar-refractivity contribution in [3.05, 3.63) is 17.5 Å². The molecule has 2 saturated carbocycles. The van der Waals surface area contributed by atoms with Gasteiger partial charge in [-0.2, -0.15) is 5.10 Å². The fraction of sp³-hybridized carbons (Fsp3) is 0.750. The zero-order valence-corrected chi connectivity index (χ0v) is 13.1. The van der Waals surface area contributed by atoms with Gasteiger partial charge in [0.15, 0.2) is 0 Å². The third kappa shape index (κ3) is 1.60. The Labute approximate surface area is 120 Å². The number of ether oxygens (including phenoxy) is 1. The molecule has 110 valence electrons. The minimum Gasteiger partial charge on any atom is -0.458 e. The molecule has 2 aliphatic carbocycles. The third-order valence-corrected chi connectivity index (χ3v) is 6.42. The van der Waals surface area contributed by atoms with Crippen molar-refractivity contribution in [3.63, 3.8) is 0 Å². The molecule has 1 aromatic heterocycles. The highest BCUT2D eigenvalue weighted by atomic mass is 16.5. The van der Waals surface area contributed by atoms with Crippen LogP contribution >= 0.6 is 0 Å². The van der Waals surface area contributed by atoms with Crippen LogP contribution in [0.3, 0.4) is 0 Å². The summed E-state index contributed by atoms with van der Waals surface area (Å²) in [5.41, 5.74) is 1.84. The van der Waals surface area contributed by atoms with Crippen LogP contribution in [-0.4, -0.2) is 21.9 Å². The zero-order valence-electron chi connectivity index (χ0n) is 13.1. The number of aryl methyl sites for hydroxylation is 1. The molecule has 3 atom stereocenters. The van der Waals surface area contributed by atoms with E-state index >= 15 is 0 Å². The molecular formula is C16H24N2O2. The Kier molecular flexibility index (Phi) is 2.79. The highest BCUT2D eigenvalue weighted by molar-refractivity contribution is 5.90. The predicted molar refractivity (Wildman–Crippen MR) is 76.4 cm³/mol. The lowest BCUT2D eigenvalue weighted by Crippen LogP contribution is -2.38. The van der Waals surface area contributed by atoms with Crippen molar-refractivity contribution >= 4 is 5.97 Å². The normalized spacial score (nSPS) is 34.5. The number of rotatable bonds is 2. The molecule has 2 aliphatic rings. The summed E-state index contributed by atoms with van der Waals surface area (Å²) >= 11 is 0. The van der Waals surface area contributed by atoms with Crippen molar-refractivity contribution in [2.75, 3.05) is 0 Å². The molecule has 0 saturated heterocycles. The summed E-state index contributed by atoms with van der Waals surface area (Å²) in [6, 6.07) is 0. The Morgan fingerprint density at radius 3 is 2.60 bits per heavy atom. The van der Waals surface area contributed by atoms with E-state index in [1.807, 2.05) is 14.0 Å². The molecule has 1 heterocycles. The van der Waals surface area contributed by atoms with Gasteiger partial charge in [-0.05, 0) is 37.5 Å². The summed E-state index contributed by atoms with van der Waals surface area (Å²) in [6.45, 7) is 8.84. The second-order valence-corrected chi connectivity index (χ2v) is 7.27. The molecule has 2 fully saturated rings. The van der Waals surface area contributed by atoms with Gasteiger partial charge in [0, 0.05) is 18.2 Å². The second kappa shape index (κ2) is 4.09. The molecule has 3 rings (SSSR count). The van der Waals surface area contributed by atoms with E-state index in [1.165, 1.54) is 6.42 Å². The van der Waals surface area contributed by atoms with Crippen molar-refractivity contribution in [2.45, 2.75) is 53.1 Å². The lowest BCUT2D eigenvalue weighted by atomic mass is 9.70. The fourth-order valence-electron chi connectivity index (χ4n) is 4.20. The second-order valence-electron chi connectivity index (χ2n) is 7.27. The molecule has 3 unspecified atom stereocenters.